The second-order valence-corrected chi connectivity index (χ2v) is 6.41. The van der Waals surface area contributed by atoms with Crippen LogP contribution >= 0.6 is 0 Å². The van der Waals surface area contributed by atoms with Gasteiger partial charge < -0.3 is 5.32 Å². The summed E-state index contributed by atoms with van der Waals surface area (Å²) in [6, 6.07) is 0.420. The van der Waals surface area contributed by atoms with Crippen LogP contribution in [0.2, 0.25) is 0 Å². The van der Waals surface area contributed by atoms with Crippen molar-refractivity contribution in [3.05, 3.63) is 0 Å². The molecule has 5 heteroatoms. The number of halogens is 3. The molecule has 0 unspecified atom stereocenters. The van der Waals surface area contributed by atoms with E-state index in [1.54, 1.807) is 0 Å². The highest BCUT2D eigenvalue weighted by Crippen LogP contribution is 2.26. The maximum Gasteiger partial charge on any atom is 0.401 e. The van der Waals surface area contributed by atoms with Crippen molar-refractivity contribution < 1.29 is 13.2 Å². The number of piperidine rings is 1. The first-order chi connectivity index (χ1) is 9.53. The average Bonchev–Trinajstić information content (AvgIpc) is 2.40. The van der Waals surface area contributed by atoms with Crippen molar-refractivity contribution in [2.75, 3.05) is 26.2 Å². The minimum atomic E-state index is -4.05. The fraction of sp³-hybridized carbons (Fsp3) is 1.00. The van der Waals surface area contributed by atoms with E-state index in [0.717, 1.165) is 25.3 Å². The van der Waals surface area contributed by atoms with E-state index in [0.29, 0.717) is 19.1 Å². The number of nitrogens with zero attached hydrogens (tertiary/aromatic N) is 1. The Morgan fingerprint density at radius 2 is 1.60 bits per heavy atom. The Morgan fingerprint density at radius 3 is 2.20 bits per heavy atom. The number of hydrogen-bond donors (Lipinski definition) is 1. The van der Waals surface area contributed by atoms with Crippen LogP contribution in [0.3, 0.4) is 0 Å². The van der Waals surface area contributed by atoms with Crippen molar-refractivity contribution in [2.24, 2.45) is 5.92 Å². The van der Waals surface area contributed by atoms with E-state index >= 15 is 0 Å². The van der Waals surface area contributed by atoms with Crippen molar-refractivity contribution >= 4 is 0 Å². The molecule has 0 spiro atoms. The lowest BCUT2D eigenvalue weighted by molar-refractivity contribution is -0.148. The minimum Gasteiger partial charge on any atom is -0.314 e. The maximum absolute atomic E-state index is 12.3. The zero-order valence-corrected chi connectivity index (χ0v) is 12.2. The highest BCUT2D eigenvalue weighted by Gasteiger charge is 2.32. The smallest absolute Gasteiger partial charge is 0.314 e. The van der Waals surface area contributed by atoms with Crippen LogP contribution in [0, 0.1) is 5.92 Å². The largest absolute Gasteiger partial charge is 0.401 e. The SMILES string of the molecule is FC(F)(F)CN1CCC(NCCC2CCCCC2)CC1. The fourth-order valence-corrected chi connectivity index (χ4v) is 3.52. The second-order valence-electron chi connectivity index (χ2n) is 6.41. The van der Waals surface area contributed by atoms with E-state index in [4.69, 9.17) is 0 Å². The molecule has 1 aliphatic heterocycles. The van der Waals surface area contributed by atoms with Gasteiger partial charge in [-0.05, 0) is 44.8 Å². The Labute approximate surface area is 120 Å². The van der Waals surface area contributed by atoms with E-state index in [1.807, 2.05) is 0 Å². The van der Waals surface area contributed by atoms with Gasteiger partial charge in [0.2, 0.25) is 0 Å². The molecule has 0 bridgehead atoms. The standard InChI is InChI=1S/C15H27F3N2/c16-15(17,18)12-20-10-7-14(8-11-20)19-9-6-13-4-2-1-3-5-13/h13-14,19H,1-12H2. The van der Waals surface area contributed by atoms with Crippen molar-refractivity contribution in [1.29, 1.82) is 0 Å². The summed E-state index contributed by atoms with van der Waals surface area (Å²) in [5.74, 6) is 0.876. The molecule has 0 radical (unpaired) electrons. The highest BCUT2D eigenvalue weighted by atomic mass is 19.4. The first-order valence-electron chi connectivity index (χ1n) is 8.05. The van der Waals surface area contributed by atoms with Crippen molar-refractivity contribution in [2.45, 2.75) is 63.6 Å². The molecule has 20 heavy (non-hydrogen) atoms. The third kappa shape index (κ3) is 6.00. The molecule has 118 valence electrons. The van der Waals surface area contributed by atoms with E-state index in [-0.39, 0.29) is 0 Å². The van der Waals surface area contributed by atoms with Crippen molar-refractivity contribution in [3.8, 4) is 0 Å². The van der Waals surface area contributed by atoms with Crippen LogP contribution in [-0.4, -0.2) is 43.3 Å². The zero-order valence-electron chi connectivity index (χ0n) is 12.2. The third-order valence-corrected chi connectivity index (χ3v) is 4.70. The summed E-state index contributed by atoms with van der Waals surface area (Å²) < 4.78 is 36.9. The van der Waals surface area contributed by atoms with Gasteiger partial charge >= 0.3 is 6.18 Å². The Bertz CT molecular complexity index is 267. The van der Waals surface area contributed by atoms with E-state index in [1.165, 1.54) is 43.4 Å². The topological polar surface area (TPSA) is 15.3 Å². The first-order valence-corrected chi connectivity index (χ1v) is 8.05. The molecule has 0 atom stereocenters. The summed E-state index contributed by atoms with van der Waals surface area (Å²) in [5, 5.41) is 3.54. The predicted octanol–water partition coefficient (Wildman–Crippen LogP) is 3.57. The molecular weight excluding hydrogens is 265 g/mol. The van der Waals surface area contributed by atoms with Crippen LogP contribution < -0.4 is 5.32 Å². The molecule has 0 amide bonds. The summed E-state index contributed by atoms with van der Waals surface area (Å²) >= 11 is 0. The number of nitrogens with one attached hydrogen (secondary N) is 1. The molecule has 2 fully saturated rings. The summed E-state index contributed by atoms with van der Waals surface area (Å²) in [6.45, 7) is 1.43. The Hall–Kier alpha value is -0.290. The fourth-order valence-electron chi connectivity index (χ4n) is 3.52. The van der Waals surface area contributed by atoms with Gasteiger partial charge in [-0.15, -0.1) is 0 Å². The molecule has 2 nitrogen and oxygen atoms in total. The van der Waals surface area contributed by atoms with Gasteiger partial charge in [0, 0.05) is 6.04 Å². The quantitative estimate of drug-likeness (QED) is 0.833. The number of rotatable bonds is 5. The van der Waals surface area contributed by atoms with Gasteiger partial charge in [-0.1, -0.05) is 32.1 Å². The molecule has 0 aromatic carbocycles. The van der Waals surface area contributed by atoms with Gasteiger partial charge in [0.05, 0.1) is 6.54 Å². The predicted molar refractivity (Wildman–Crippen MR) is 74.7 cm³/mol. The number of likely N-dealkylation sites (tertiary alicyclic amines) is 1. The summed E-state index contributed by atoms with van der Waals surface area (Å²) in [6.07, 6.45) is 5.76. The van der Waals surface area contributed by atoms with E-state index in [9.17, 15) is 13.2 Å². The molecule has 1 N–H and O–H groups in total. The molecular formula is C15H27F3N2. The molecule has 2 aliphatic rings. The average molecular weight is 292 g/mol. The molecule has 1 saturated heterocycles. The van der Waals surface area contributed by atoms with Crippen LogP contribution in [0.5, 0.6) is 0 Å². The summed E-state index contributed by atoms with van der Waals surface area (Å²) in [4.78, 5) is 1.53. The molecule has 0 aromatic heterocycles. The second kappa shape index (κ2) is 7.64. The van der Waals surface area contributed by atoms with Gasteiger partial charge in [0.25, 0.3) is 0 Å². The van der Waals surface area contributed by atoms with Crippen LogP contribution in [0.25, 0.3) is 0 Å². The number of hydrogen-bond acceptors (Lipinski definition) is 2. The van der Waals surface area contributed by atoms with Crippen molar-refractivity contribution in [1.82, 2.24) is 10.2 Å². The van der Waals surface area contributed by atoms with E-state index < -0.39 is 12.7 Å². The molecule has 0 aromatic rings. The van der Waals surface area contributed by atoms with Crippen LogP contribution in [-0.2, 0) is 0 Å². The Kier molecular flexibility index (Phi) is 6.15. The van der Waals surface area contributed by atoms with Gasteiger partial charge in [0.15, 0.2) is 0 Å². The highest BCUT2D eigenvalue weighted by molar-refractivity contribution is 4.79. The molecule has 1 heterocycles. The molecule has 2 rings (SSSR count). The monoisotopic (exact) mass is 292 g/mol. The summed E-state index contributed by atoms with van der Waals surface area (Å²) in [5.41, 5.74) is 0. The maximum atomic E-state index is 12.3. The van der Waals surface area contributed by atoms with Gasteiger partial charge in [-0.3, -0.25) is 4.90 Å². The lowest BCUT2D eigenvalue weighted by Gasteiger charge is -2.33. The molecule has 1 saturated carbocycles. The van der Waals surface area contributed by atoms with Gasteiger partial charge in [0.1, 0.15) is 0 Å². The number of alkyl halides is 3. The normalized spacial score (nSPS) is 24.1. The zero-order chi connectivity index (χ0) is 14.4. The van der Waals surface area contributed by atoms with Crippen LogP contribution in [0.1, 0.15) is 51.4 Å². The van der Waals surface area contributed by atoms with Crippen LogP contribution in [0.15, 0.2) is 0 Å². The lowest BCUT2D eigenvalue weighted by atomic mass is 9.87. The van der Waals surface area contributed by atoms with E-state index in [2.05, 4.69) is 5.32 Å². The third-order valence-electron chi connectivity index (χ3n) is 4.70. The lowest BCUT2D eigenvalue weighted by Crippen LogP contribution is -2.45. The Balaban J connectivity index is 1.55. The van der Waals surface area contributed by atoms with Crippen LogP contribution in [0.4, 0.5) is 13.2 Å². The van der Waals surface area contributed by atoms with Crippen molar-refractivity contribution in [3.63, 3.8) is 0 Å². The van der Waals surface area contributed by atoms with Gasteiger partial charge in [-0.2, -0.15) is 13.2 Å². The minimum absolute atomic E-state index is 0.420. The Morgan fingerprint density at radius 1 is 0.950 bits per heavy atom. The summed E-state index contributed by atoms with van der Waals surface area (Å²) in [7, 11) is 0. The van der Waals surface area contributed by atoms with Gasteiger partial charge in [-0.25, -0.2) is 0 Å². The molecule has 1 aliphatic carbocycles. The first kappa shape index (κ1) is 16.1.